The molecule has 0 aromatic heterocycles. The smallest absolute Gasteiger partial charge is 0.504 e. The largest absolute Gasteiger partial charge is 0.514 e. The SMILES string of the molecule is COc1cc(C#N)c(N2CCCCC2)c(C#N)c1OC(=O)OC(C)(C)C.N#Cc1cc(O)c(O)c(C#N)c1N1CCCCC1. The van der Waals surface area contributed by atoms with Crippen LogP contribution < -0.4 is 19.3 Å². The molecule has 0 radical (unpaired) electrons. The molecule has 44 heavy (non-hydrogen) atoms. The summed E-state index contributed by atoms with van der Waals surface area (Å²) < 4.78 is 15.7. The number of rotatable bonds is 4. The van der Waals surface area contributed by atoms with Gasteiger partial charge in [-0.15, -0.1) is 0 Å². The lowest BCUT2D eigenvalue weighted by Gasteiger charge is -2.31. The number of ether oxygens (including phenoxy) is 3. The molecule has 2 aromatic rings. The molecule has 0 unspecified atom stereocenters. The molecule has 4 rings (SSSR count). The van der Waals surface area contributed by atoms with Crippen molar-refractivity contribution in [3.05, 3.63) is 34.4 Å². The predicted molar refractivity (Wildman–Crippen MR) is 161 cm³/mol. The molecule has 12 heteroatoms. The zero-order chi connectivity index (χ0) is 32.4. The predicted octanol–water partition coefficient (Wildman–Crippen LogP) is 5.57. The zero-order valence-electron chi connectivity index (χ0n) is 25.4. The van der Waals surface area contributed by atoms with Crippen molar-refractivity contribution in [3.8, 4) is 47.3 Å². The number of hydrogen-bond acceptors (Lipinski definition) is 12. The lowest BCUT2D eigenvalue weighted by Crippen LogP contribution is -2.31. The first kappa shape index (κ1) is 33.2. The van der Waals surface area contributed by atoms with E-state index in [9.17, 15) is 25.5 Å². The molecule has 12 nitrogen and oxygen atoms in total. The van der Waals surface area contributed by atoms with Crippen molar-refractivity contribution in [2.75, 3.05) is 43.1 Å². The van der Waals surface area contributed by atoms with Crippen LogP contribution in [0.1, 0.15) is 81.5 Å². The molecule has 2 heterocycles. The third kappa shape index (κ3) is 7.73. The number of nitriles is 4. The molecule has 0 spiro atoms. The van der Waals surface area contributed by atoms with Gasteiger partial charge in [0.15, 0.2) is 23.0 Å². The Labute approximate surface area is 257 Å². The Bertz CT molecular complexity index is 1540. The van der Waals surface area contributed by atoms with Crippen LogP contribution in [0.25, 0.3) is 0 Å². The standard InChI is InChI=1S/C19H23N3O4.C13H13N3O2/c1-19(2,3)26-18(23)25-17-14(12-21)16(22-8-6-5-7-9-22)13(11-20)10-15(17)24-4;14-7-9-6-11(17)13(18)10(8-15)12(9)16-4-2-1-3-5-16/h10H,5-9H2,1-4H3;6,17-18H,1-5H2. The van der Waals surface area contributed by atoms with E-state index < -0.39 is 23.3 Å². The van der Waals surface area contributed by atoms with Crippen LogP contribution in [0.15, 0.2) is 12.1 Å². The van der Waals surface area contributed by atoms with E-state index in [2.05, 4.69) is 12.1 Å². The first-order valence-corrected chi connectivity index (χ1v) is 14.3. The van der Waals surface area contributed by atoms with Gasteiger partial charge in [-0.25, -0.2) is 4.79 Å². The van der Waals surface area contributed by atoms with E-state index in [1.165, 1.54) is 19.2 Å². The highest BCUT2D eigenvalue weighted by atomic mass is 16.7. The highest BCUT2D eigenvalue weighted by Crippen LogP contribution is 2.42. The fourth-order valence-electron chi connectivity index (χ4n) is 5.16. The quantitative estimate of drug-likeness (QED) is 0.252. The van der Waals surface area contributed by atoms with E-state index >= 15 is 0 Å². The molecule has 2 saturated heterocycles. The average Bonchev–Trinajstić information content (AvgIpc) is 3.01. The summed E-state index contributed by atoms with van der Waals surface area (Å²) in [6.45, 7) is 8.14. The number of phenols is 2. The van der Waals surface area contributed by atoms with Gasteiger partial charge in [0.1, 0.15) is 41.0 Å². The van der Waals surface area contributed by atoms with E-state index in [1.807, 2.05) is 21.9 Å². The van der Waals surface area contributed by atoms with E-state index in [0.717, 1.165) is 64.7 Å². The number of anilines is 2. The number of carbonyl (C=O) groups is 1. The van der Waals surface area contributed by atoms with E-state index in [4.69, 9.17) is 24.7 Å². The second kappa shape index (κ2) is 14.7. The molecule has 0 aliphatic carbocycles. The van der Waals surface area contributed by atoms with Crippen molar-refractivity contribution in [1.29, 1.82) is 21.0 Å². The number of methoxy groups -OCH3 is 1. The monoisotopic (exact) mass is 600 g/mol. The summed E-state index contributed by atoms with van der Waals surface area (Å²) in [6, 6.07) is 10.7. The minimum atomic E-state index is -0.929. The normalized spacial score (nSPS) is 14.5. The molecule has 0 atom stereocenters. The summed E-state index contributed by atoms with van der Waals surface area (Å²) in [6.07, 6.45) is 5.26. The van der Waals surface area contributed by atoms with Gasteiger partial charge in [-0.2, -0.15) is 21.0 Å². The molecule has 2 fully saturated rings. The molecular weight excluding hydrogens is 564 g/mol. The van der Waals surface area contributed by atoms with Gasteiger partial charge in [0.25, 0.3) is 0 Å². The van der Waals surface area contributed by atoms with Crippen LogP contribution in [0, 0.1) is 45.3 Å². The van der Waals surface area contributed by atoms with Crippen LogP contribution in [0.2, 0.25) is 0 Å². The molecule has 2 N–H and O–H groups in total. The summed E-state index contributed by atoms with van der Waals surface area (Å²) in [5, 5.41) is 56.7. The number of carbonyl (C=O) groups excluding carboxylic acids is 1. The van der Waals surface area contributed by atoms with Gasteiger partial charge < -0.3 is 34.2 Å². The molecule has 2 aliphatic rings. The van der Waals surface area contributed by atoms with Gasteiger partial charge in [-0.05, 0) is 59.3 Å². The van der Waals surface area contributed by atoms with Crippen LogP contribution in [0.4, 0.5) is 16.2 Å². The third-order valence-electron chi connectivity index (χ3n) is 7.07. The average molecular weight is 601 g/mol. The molecular formula is C32H36N6O6. The van der Waals surface area contributed by atoms with Crippen molar-refractivity contribution in [3.63, 3.8) is 0 Å². The van der Waals surface area contributed by atoms with Crippen LogP contribution in [-0.4, -0.2) is 55.3 Å². The second-order valence-corrected chi connectivity index (χ2v) is 11.3. The van der Waals surface area contributed by atoms with Gasteiger partial charge in [0, 0.05) is 38.3 Å². The minimum absolute atomic E-state index is 0.0200. The summed E-state index contributed by atoms with van der Waals surface area (Å²) in [5.74, 6) is -0.755. The highest BCUT2D eigenvalue weighted by Gasteiger charge is 2.29. The second-order valence-electron chi connectivity index (χ2n) is 11.3. The Morgan fingerprint density at radius 2 is 1.25 bits per heavy atom. The van der Waals surface area contributed by atoms with Gasteiger partial charge in [-0.3, -0.25) is 0 Å². The fourth-order valence-corrected chi connectivity index (χ4v) is 5.16. The van der Waals surface area contributed by atoms with Crippen LogP contribution >= 0.6 is 0 Å². The van der Waals surface area contributed by atoms with Gasteiger partial charge in [-0.1, -0.05) is 0 Å². The van der Waals surface area contributed by atoms with Crippen LogP contribution in [0.3, 0.4) is 0 Å². The fraction of sp³-hybridized carbons (Fsp3) is 0.469. The summed E-state index contributed by atoms with van der Waals surface area (Å²) in [7, 11) is 1.39. The number of aromatic hydroxyl groups is 2. The number of phenolic OH excluding ortho intramolecular Hbond substituents is 2. The number of nitrogens with zero attached hydrogens (tertiary/aromatic N) is 6. The van der Waals surface area contributed by atoms with Gasteiger partial charge in [0.05, 0.1) is 29.6 Å². The highest BCUT2D eigenvalue weighted by molar-refractivity contribution is 5.79. The van der Waals surface area contributed by atoms with Gasteiger partial charge >= 0.3 is 6.16 Å². The first-order chi connectivity index (χ1) is 21.0. The Morgan fingerprint density at radius 3 is 1.68 bits per heavy atom. The maximum atomic E-state index is 12.1. The lowest BCUT2D eigenvalue weighted by molar-refractivity contribution is 0.0200. The summed E-state index contributed by atoms with van der Waals surface area (Å²) >= 11 is 0. The number of benzene rings is 2. The maximum Gasteiger partial charge on any atom is 0.514 e. The van der Waals surface area contributed by atoms with Crippen molar-refractivity contribution >= 4 is 17.5 Å². The zero-order valence-corrected chi connectivity index (χ0v) is 25.4. The number of piperidine rings is 2. The Hall–Kier alpha value is -5.33. The van der Waals surface area contributed by atoms with Crippen molar-refractivity contribution in [2.45, 2.75) is 64.9 Å². The Balaban J connectivity index is 0.000000257. The molecule has 0 saturated carbocycles. The van der Waals surface area contributed by atoms with Crippen LogP contribution in [-0.2, 0) is 4.74 Å². The van der Waals surface area contributed by atoms with Crippen molar-refractivity contribution in [2.24, 2.45) is 0 Å². The molecule has 0 amide bonds. The molecule has 0 bridgehead atoms. The molecule has 230 valence electrons. The van der Waals surface area contributed by atoms with Gasteiger partial charge in [0.2, 0.25) is 0 Å². The number of hydrogen-bond donors (Lipinski definition) is 2. The van der Waals surface area contributed by atoms with E-state index in [0.29, 0.717) is 16.9 Å². The molecule has 2 aliphatic heterocycles. The minimum Gasteiger partial charge on any atom is -0.504 e. The molecule has 2 aromatic carbocycles. The van der Waals surface area contributed by atoms with E-state index in [-0.39, 0.29) is 28.2 Å². The van der Waals surface area contributed by atoms with Crippen molar-refractivity contribution < 1.29 is 29.2 Å². The van der Waals surface area contributed by atoms with Crippen LogP contribution in [0.5, 0.6) is 23.0 Å². The Kier molecular flexibility index (Phi) is 11.1. The topological polar surface area (TPSA) is 187 Å². The lowest BCUT2D eigenvalue weighted by atomic mass is 10.0. The third-order valence-corrected chi connectivity index (χ3v) is 7.07. The van der Waals surface area contributed by atoms with E-state index in [1.54, 1.807) is 20.8 Å². The van der Waals surface area contributed by atoms with Crippen molar-refractivity contribution in [1.82, 2.24) is 0 Å². The maximum absolute atomic E-state index is 12.1. The Morgan fingerprint density at radius 1 is 0.773 bits per heavy atom. The first-order valence-electron chi connectivity index (χ1n) is 14.3. The summed E-state index contributed by atoms with van der Waals surface area (Å²) in [5.41, 5.74) is 0.811. The summed E-state index contributed by atoms with van der Waals surface area (Å²) in [4.78, 5) is 16.0.